The van der Waals surface area contributed by atoms with Gasteiger partial charge in [0.2, 0.25) is 11.8 Å². The number of benzene rings is 1. The lowest BCUT2D eigenvalue weighted by Crippen LogP contribution is -2.54. The van der Waals surface area contributed by atoms with Gasteiger partial charge in [-0.15, -0.1) is 0 Å². The van der Waals surface area contributed by atoms with E-state index in [4.69, 9.17) is 9.47 Å². The van der Waals surface area contributed by atoms with E-state index in [2.05, 4.69) is 10.6 Å². The maximum absolute atomic E-state index is 13.3. The van der Waals surface area contributed by atoms with Crippen LogP contribution in [0, 0.1) is 11.8 Å². The molecule has 5 rings (SSSR count). The number of likely N-dealkylation sites (N-methyl/N-ethyl adjacent to an activating group) is 1. The van der Waals surface area contributed by atoms with Crippen LogP contribution in [0.3, 0.4) is 0 Å². The Labute approximate surface area is 207 Å². The molecule has 2 saturated carbocycles. The second-order valence-electron chi connectivity index (χ2n) is 10.7. The van der Waals surface area contributed by atoms with Crippen LogP contribution in [0.15, 0.2) is 18.2 Å². The first kappa shape index (κ1) is 24.1. The van der Waals surface area contributed by atoms with E-state index in [1.54, 1.807) is 30.1 Å². The fraction of sp³-hybridized carbons (Fsp3) is 0.667. The molecular formula is C27H37N3O5. The fourth-order valence-electron chi connectivity index (χ4n) is 5.62. The second-order valence-corrected chi connectivity index (χ2v) is 10.7. The molecule has 1 saturated heterocycles. The molecule has 3 atom stereocenters. The number of nitrogens with one attached hydrogen (secondary N) is 2. The van der Waals surface area contributed by atoms with Gasteiger partial charge in [-0.2, -0.15) is 0 Å². The molecule has 0 radical (unpaired) electrons. The molecule has 0 unspecified atom stereocenters. The van der Waals surface area contributed by atoms with Crippen LogP contribution in [0.5, 0.6) is 5.75 Å². The normalized spacial score (nSPS) is 27.1. The van der Waals surface area contributed by atoms with Gasteiger partial charge in [0.25, 0.3) is 5.91 Å². The first-order chi connectivity index (χ1) is 17.0. The lowest BCUT2D eigenvalue weighted by molar-refractivity contribution is -0.134. The van der Waals surface area contributed by atoms with Crippen molar-refractivity contribution in [3.63, 3.8) is 0 Å². The quantitative estimate of drug-likeness (QED) is 0.646. The molecule has 0 aromatic heterocycles. The van der Waals surface area contributed by atoms with Crippen molar-refractivity contribution in [3.8, 4) is 5.75 Å². The first-order valence-corrected chi connectivity index (χ1v) is 13.2. The number of anilines is 1. The topological polar surface area (TPSA) is 97.0 Å². The molecule has 1 aromatic carbocycles. The van der Waals surface area contributed by atoms with Crippen LogP contribution in [0.4, 0.5) is 5.69 Å². The maximum atomic E-state index is 13.3. The second kappa shape index (κ2) is 10.6. The standard InChI is InChI=1S/C27H37N3O5/c1-30-22-11-10-20(14-25(31)28-15-17-5-3-2-4-6-17)35-24(22)16-34-23-12-9-19(13-21(23)27(30)33)29-26(32)18-7-8-18/h9,12-13,17-18,20,22,24H,2-8,10-11,14-16H2,1H3,(H,28,31)(H,29,32)/t20-,22-,24+/m0/s1. The zero-order valence-electron chi connectivity index (χ0n) is 20.6. The summed E-state index contributed by atoms with van der Waals surface area (Å²) in [4.78, 5) is 39.8. The lowest BCUT2D eigenvalue weighted by atomic mass is 9.89. The van der Waals surface area contributed by atoms with Crippen molar-refractivity contribution >= 4 is 23.4 Å². The Hall–Kier alpha value is -2.61. The van der Waals surface area contributed by atoms with Gasteiger partial charge in [0.05, 0.1) is 24.1 Å². The van der Waals surface area contributed by atoms with Crippen molar-refractivity contribution in [2.75, 3.05) is 25.5 Å². The van der Waals surface area contributed by atoms with Crippen LogP contribution in [-0.4, -0.2) is 61.1 Å². The molecule has 4 aliphatic rings. The van der Waals surface area contributed by atoms with E-state index in [1.165, 1.54) is 32.1 Å². The van der Waals surface area contributed by atoms with Gasteiger partial charge in [0.15, 0.2) is 0 Å². The van der Waals surface area contributed by atoms with Crippen LogP contribution in [0.25, 0.3) is 0 Å². The summed E-state index contributed by atoms with van der Waals surface area (Å²) in [5.41, 5.74) is 1.06. The Morgan fingerprint density at radius 3 is 2.63 bits per heavy atom. The van der Waals surface area contributed by atoms with Gasteiger partial charge in [0, 0.05) is 25.2 Å². The summed E-state index contributed by atoms with van der Waals surface area (Å²) in [5.74, 6) is 1.08. The highest BCUT2D eigenvalue weighted by Gasteiger charge is 2.39. The lowest BCUT2D eigenvalue weighted by Gasteiger charge is -2.42. The minimum Gasteiger partial charge on any atom is -0.490 e. The molecule has 35 heavy (non-hydrogen) atoms. The van der Waals surface area contributed by atoms with Crippen LogP contribution in [-0.2, 0) is 14.3 Å². The van der Waals surface area contributed by atoms with Crippen molar-refractivity contribution in [1.82, 2.24) is 10.2 Å². The van der Waals surface area contributed by atoms with Gasteiger partial charge in [-0.3, -0.25) is 14.4 Å². The fourth-order valence-corrected chi connectivity index (χ4v) is 5.62. The number of amides is 3. The van der Waals surface area contributed by atoms with Crippen molar-refractivity contribution in [1.29, 1.82) is 0 Å². The van der Waals surface area contributed by atoms with Crippen molar-refractivity contribution in [3.05, 3.63) is 23.8 Å². The highest BCUT2D eigenvalue weighted by molar-refractivity contribution is 6.00. The molecule has 2 aliphatic carbocycles. The summed E-state index contributed by atoms with van der Waals surface area (Å²) < 4.78 is 12.3. The van der Waals surface area contributed by atoms with Crippen LogP contribution in [0.1, 0.15) is 74.6 Å². The van der Waals surface area contributed by atoms with Crippen molar-refractivity contribution < 1.29 is 23.9 Å². The van der Waals surface area contributed by atoms with Gasteiger partial charge in [-0.05, 0) is 62.6 Å². The smallest absolute Gasteiger partial charge is 0.257 e. The molecular weight excluding hydrogens is 446 g/mol. The number of nitrogens with zero attached hydrogens (tertiary/aromatic N) is 1. The summed E-state index contributed by atoms with van der Waals surface area (Å²) in [5, 5.41) is 6.02. The molecule has 3 amide bonds. The molecule has 2 aliphatic heterocycles. The van der Waals surface area contributed by atoms with E-state index in [0.29, 0.717) is 35.9 Å². The summed E-state index contributed by atoms with van der Waals surface area (Å²) in [6, 6.07) is 5.09. The predicted octanol–water partition coefficient (Wildman–Crippen LogP) is 3.50. The summed E-state index contributed by atoms with van der Waals surface area (Å²) in [6.45, 7) is 1.07. The van der Waals surface area contributed by atoms with E-state index in [9.17, 15) is 14.4 Å². The Bertz CT molecular complexity index is 956. The third-order valence-electron chi connectivity index (χ3n) is 7.95. The zero-order valence-corrected chi connectivity index (χ0v) is 20.6. The number of fused-ring (bicyclic) bond motifs is 2. The third kappa shape index (κ3) is 5.80. The number of hydrogen-bond acceptors (Lipinski definition) is 5. The van der Waals surface area contributed by atoms with E-state index in [-0.39, 0.29) is 41.9 Å². The largest absolute Gasteiger partial charge is 0.490 e. The predicted molar refractivity (Wildman–Crippen MR) is 131 cm³/mol. The maximum Gasteiger partial charge on any atom is 0.257 e. The molecule has 190 valence electrons. The average molecular weight is 484 g/mol. The van der Waals surface area contributed by atoms with Gasteiger partial charge in [-0.25, -0.2) is 0 Å². The highest BCUT2D eigenvalue weighted by atomic mass is 16.5. The van der Waals surface area contributed by atoms with Gasteiger partial charge < -0.3 is 25.0 Å². The number of ether oxygens (including phenoxy) is 2. The Balaban J connectivity index is 1.19. The number of rotatable bonds is 6. The molecule has 0 spiro atoms. The minimum atomic E-state index is -0.295. The monoisotopic (exact) mass is 483 g/mol. The molecule has 3 fully saturated rings. The first-order valence-electron chi connectivity index (χ1n) is 13.2. The molecule has 2 N–H and O–H groups in total. The van der Waals surface area contributed by atoms with E-state index < -0.39 is 0 Å². The summed E-state index contributed by atoms with van der Waals surface area (Å²) in [7, 11) is 1.80. The summed E-state index contributed by atoms with van der Waals surface area (Å²) >= 11 is 0. The van der Waals surface area contributed by atoms with E-state index >= 15 is 0 Å². The molecule has 0 bridgehead atoms. The van der Waals surface area contributed by atoms with Crippen LogP contribution < -0.4 is 15.4 Å². The molecule has 8 heteroatoms. The Kier molecular flexibility index (Phi) is 7.27. The average Bonchev–Trinajstić information content (AvgIpc) is 3.72. The number of carbonyl (C=O) groups excluding carboxylic acids is 3. The van der Waals surface area contributed by atoms with Crippen LogP contribution in [0.2, 0.25) is 0 Å². The Morgan fingerprint density at radius 1 is 1.06 bits per heavy atom. The molecule has 8 nitrogen and oxygen atoms in total. The SMILES string of the molecule is CN1C(=O)c2cc(NC(=O)C3CC3)ccc2OC[C@H]2O[C@H](CC(=O)NCC3CCCCC3)CC[C@@H]21. The van der Waals surface area contributed by atoms with E-state index in [1.807, 2.05) is 0 Å². The highest BCUT2D eigenvalue weighted by Crippen LogP contribution is 2.34. The van der Waals surface area contributed by atoms with Crippen LogP contribution >= 0.6 is 0 Å². The minimum absolute atomic E-state index is 0.00656. The van der Waals surface area contributed by atoms with Gasteiger partial charge in [0.1, 0.15) is 18.5 Å². The van der Waals surface area contributed by atoms with Gasteiger partial charge in [-0.1, -0.05) is 19.3 Å². The summed E-state index contributed by atoms with van der Waals surface area (Å²) in [6.07, 6.45) is 9.45. The van der Waals surface area contributed by atoms with Crippen molar-refractivity contribution in [2.24, 2.45) is 11.8 Å². The number of hydrogen-bond donors (Lipinski definition) is 2. The molecule has 1 aromatic rings. The van der Waals surface area contributed by atoms with Gasteiger partial charge >= 0.3 is 0 Å². The van der Waals surface area contributed by atoms with E-state index in [0.717, 1.165) is 32.2 Å². The third-order valence-corrected chi connectivity index (χ3v) is 7.95. The Morgan fingerprint density at radius 2 is 1.86 bits per heavy atom. The van der Waals surface area contributed by atoms with Crippen molar-refractivity contribution in [2.45, 2.75) is 82.5 Å². The molecule has 2 heterocycles. The zero-order chi connectivity index (χ0) is 24.4. The number of carbonyl (C=O) groups is 3.